The summed E-state index contributed by atoms with van der Waals surface area (Å²) in [7, 11) is 0. The fourth-order valence-corrected chi connectivity index (χ4v) is 2.55. The van der Waals surface area contributed by atoms with Gasteiger partial charge in [-0.25, -0.2) is 4.79 Å². The predicted molar refractivity (Wildman–Crippen MR) is 71.2 cm³/mol. The predicted octanol–water partition coefficient (Wildman–Crippen LogP) is 1.76. The van der Waals surface area contributed by atoms with Gasteiger partial charge in [0.05, 0.1) is 6.04 Å². The molecule has 1 heterocycles. The van der Waals surface area contributed by atoms with Crippen molar-refractivity contribution in [1.29, 1.82) is 0 Å². The molecular formula is C14H23NO5. The lowest BCUT2D eigenvalue weighted by molar-refractivity contribution is -0.153. The molecule has 0 aromatic carbocycles. The Bertz CT molecular complexity index is 412. The zero-order valence-electron chi connectivity index (χ0n) is 12.7. The normalized spacial score (nSPS) is 32.6. The van der Waals surface area contributed by atoms with Crippen LogP contribution in [0.5, 0.6) is 0 Å². The van der Waals surface area contributed by atoms with E-state index in [-0.39, 0.29) is 11.8 Å². The number of hydrogen-bond donors (Lipinski definition) is 1. The Kier molecular flexibility index (Phi) is 3.81. The smallest absolute Gasteiger partial charge is 0.407 e. The van der Waals surface area contributed by atoms with Crippen LogP contribution in [0.3, 0.4) is 0 Å². The summed E-state index contributed by atoms with van der Waals surface area (Å²) in [5.74, 6) is -0.772. The molecule has 0 unspecified atom stereocenters. The highest BCUT2D eigenvalue weighted by atomic mass is 16.8. The third-order valence-electron chi connectivity index (χ3n) is 3.25. The summed E-state index contributed by atoms with van der Waals surface area (Å²) in [6.45, 7) is 8.94. The van der Waals surface area contributed by atoms with Gasteiger partial charge in [0, 0.05) is 6.42 Å². The molecular weight excluding hydrogens is 262 g/mol. The molecule has 6 heteroatoms. The molecule has 6 nitrogen and oxygen atoms in total. The largest absolute Gasteiger partial charge is 0.444 e. The topological polar surface area (TPSA) is 73.9 Å². The van der Waals surface area contributed by atoms with Crippen molar-refractivity contribution in [2.45, 2.75) is 77.1 Å². The van der Waals surface area contributed by atoms with Crippen molar-refractivity contribution in [3.63, 3.8) is 0 Å². The van der Waals surface area contributed by atoms with Crippen LogP contribution in [0, 0.1) is 0 Å². The maximum Gasteiger partial charge on any atom is 0.407 e. The first-order valence-corrected chi connectivity index (χ1v) is 6.95. The molecule has 114 valence electrons. The van der Waals surface area contributed by atoms with Crippen molar-refractivity contribution < 1.29 is 23.8 Å². The highest BCUT2D eigenvalue weighted by molar-refractivity contribution is 5.85. The number of Topliss-reactive ketones (excluding diaryl/α,β-unsaturated/α-hetero) is 1. The summed E-state index contributed by atoms with van der Waals surface area (Å²) in [5.41, 5.74) is -0.555. The summed E-state index contributed by atoms with van der Waals surface area (Å²) < 4.78 is 16.6. The molecule has 0 spiro atoms. The Hall–Kier alpha value is -1.14. The number of alkyl carbamates (subject to hydrolysis) is 1. The van der Waals surface area contributed by atoms with Crippen LogP contribution in [0.25, 0.3) is 0 Å². The highest BCUT2D eigenvalue weighted by Crippen LogP contribution is 2.35. The van der Waals surface area contributed by atoms with Gasteiger partial charge in [-0.2, -0.15) is 0 Å². The van der Waals surface area contributed by atoms with E-state index in [1.807, 2.05) is 0 Å². The van der Waals surface area contributed by atoms with Crippen LogP contribution in [0.15, 0.2) is 0 Å². The van der Waals surface area contributed by atoms with Crippen molar-refractivity contribution in [3.05, 3.63) is 0 Å². The van der Waals surface area contributed by atoms with Gasteiger partial charge < -0.3 is 19.5 Å². The molecule has 1 amide bonds. The molecule has 1 saturated heterocycles. The fraction of sp³-hybridized carbons (Fsp3) is 0.857. The van der Waals surface area contributed by atoms with E-state index in [0.29, 0.717) is 12.8 Å². The lowest BCUT2D eigenvalue weighted by Gasteiger charge is -2.31. The van der Waals surface area contributed by atoms with Gasteiger partial charge in [0.25, 0.3) is 0 Å². The lowest BCUT2D eigenvalue weighted by atomic mass is 9.89. The van der Waals surface area contributed by atoms with Gasteiger partial charge in [-0.3, -0.25) is 4.79 Å². The summed E-state index contributed by atoms with van der Waals surface area (Å²) in [5, 5.41) is 2.79. The summed E-state index contributed by atoms with van der Waals surface area (Å²) in [4.78, 5) is 23.7. The molecule has 1 saturated carbocycles. The Morgan fingerprint density at radius 3 is 2.60 bits per heavy atom. The number of nitrogens with one attached hydrogen (secondary N) is 1. The number of ketones is 1. The third kappa shape index (κ3) is 3.49. The van der Waals surface area contributed by atoms with Crippen LogP contribution >= 0.6 is 0 Å². The maximum atomic E-state index is 11.9. The van der Waals surface area contributed by atoms with Gasteiger partial charge in [-0.15, -0.1) is 0 Å². The van der Waals surface area contributed by atoms with Crippen LogP contribution < -0.4 is 5.32 Å². The Morgan fingerprint density at radius 2 is 2.00 bits per heavy atom. The zero-order valence-corrected chi connectivity index (χ0v) is 12.7. The molecule has 2 fully saturated rings. The first-order chi connectivity index (χ1) is 9.07. The lowest BCUT2D eigenvalue weighted by Crippen LogP contribution is -2.53. The van der Waals surface area contributed by atoms with E-state index in [1.165, 1.54) is 0 Å². The molecule has 20 heavy (non-hydrogen) atoms. The molecule has 1 aliphatic carbocycles. The minimum atomic E-state index is -0.802. The van der Waals surface area contributed by atoms with Crippen molar-refractivity contribution in [1.82, 2.24) is 5.32 Å². The first kappa shape index (κ1) is 15.3. The number of ether oxygens (including phenoxy) is 3. The Morgan fingerprint density at radius 1 is 1.35 bits per heavy atom. The van der Waals surface area contributed by atoms with Crippen molar-refractivity contribution in [2.24, 2.45) is 0 Å². The van der Waals surface area contributed by atoms with Gasteiger partial charge in [-0.05, 0) is 41.0 Å². The summed E-state index contributed by atoms with van der Waals surface area (Å²) >= 11 is 0. The quantitative estimate of drug-likeness (QED) is 0.794. The SMILES string of the molecule is CC(C)(C)OC(=O)N[C@@H]1CCC(=O)[C@H]2OC(C)(C)O[C@H]21. The minimum absolute atomic E-state index is 0.0304. The fourth-order valence-electron chi connectivity index (χ4n) is 2.55. The van der Waals surface area contributed by atoms with E-state index in [4.69, 9.17) is 14.2 Å². The van der Waals surface area contributed by atoms with E-state index in [0.717, 1.165) is 0 Å². The van der Waals surface area contributed by atoms with Gasteiger partial charge in [0.15, 0.2) is 11.6 Å². The van der Waals surface area contributed by atoms with Gasteiger partial charge >= 0.3 is 6.09 Å². The van der Waals surface area contributed by atoms with Gasteiger partial charge in [0.2, 0.25) is 0 Å². The second-order valence-corrected chi connectivity index (χ2v) is 6.78. The van der Waals surface area contributed by atoms with Crippen molar-refractivity contribution in [3.8, 4) is 0 Å². The third-order valence-corrected chi connectivity index (χ3v) is 3.25. The average Bonchev–Trinajstić information content (AvgIpc) is 2.56. The molecule has 1 N–H and O–H groups in total. The molecule has 0 aromatic heterocycles. The van der Waals surface area contributed by atoms with Crippen LogP contribution in [-0.4, -0.2) is 41.5 Å². The zero-order chi connectivity index (χ0) is 15.1. The van der Waals surface area contributed by atoms with Crippen molar-refractivity contribution in [2.75, 3.05) is 0 Å². The molecule has 2 aliphatic rings. The maximum absolute atomic E-state index is 11.9. The standard InChI is InChI=1S/C14H23NO5/c1-13(2,3)20-12(17)15-8-6-7-9(16)11-10(8)18-14(4,5)19-11/h8,10-11H,6-7H2,1-5H3,(H,15,17)/t8-,10+,11-/m1/s1. The molecule has 0 bridgehead atoms. The number of carbonyl (C=O) groups excluding carboxylic acids is 2. The Labute approximate surface area is 119 Å². The molecule has 1 aliphatic heterocycles. The number of carbonyl (C=O) groups is 2. The van der Waals surface area contributed by atoms with Crippen LogP contribution in [0.4, 0.5) is 4.79 Å². The van der Waals surface area contributed by atoms with E-state index in [1.54, 1.807) is 34.6 Å². The second-order valence-electron chi connectivity index (χ2n) is 6.78. The van der Waals surface area contributed by atoms with Gasteiger partial charge in [0.1, 0.15) is 17.8 Å². The highest BCUT2D eigenvalue weighted by Gasteiger charge is 2.51. The van der Waals surface area contributed by atoms with Crippen LogP contribution in [0.2, 0.25) is 0 Å². The Balaban J connectivity index is 2.02. The van der Waals surface area contributed by atoms with E-state index in [9.17, 15) is 9.59 Å². The number of hydrogen-bond acceptors (Lipinski definition) is 5. The minimum Gasteiger partial charge on any atom is -0.444 e. The monoisotopic (exact) mass is 285 g/mol. The number of rotatable bonds is 1. The number of fused-ring (bicyclic) bond motifs is 1. The van der Waals surface area contributed by atoms with Crippen LogP contribution in [0.1, 0.15) is 47.5 Å². The van der Waals surface area contributed by atoms with Crippen LogP contribution in [-0.2, 0) is 19.0 Å². The summed E-state index contributed by atoms with van der Waals surface area (Å²) in [6.07, 6.45) is -0.624. The molecule has 0 aromatic rings. The summed E-state index contributed by atoms with van der Waals surface area (Å²) in [6, 6.07) is -0.269. The van der Waals surface area contributed by atoms with E-state index >= 15 is 0 Å². The van der Waals surface area contributed by atoms with Crippen molar-refractivity contribution >= 4 is 11.9 Å². The first-order valence-electron chi connectivity index (χ1n) is 6.95. The molecule has 0 radical (unpaired) electrons. The average molecular weight is 285 g/mol. The molecule has 2 rings (SSSR count). The molecule has 3 atom stereocenters. The van der Waals surface area contributed by atoms with E-state index in [2.05, 4.69) is 5.32 Å². The second kappa shape index (κ2) is 5.00. The van der Waals surface area contributed by atoms with Gasteiger partial charge in [-0.1, -0.05) is 0 Å². The number of amides is 1. The van der Waals surface area contributed by atoms with E-state index < -0.39 is 29.7 Å².